The van der Waals surface area contributed by atoms with Crippen LogP contribution >= 0.6 is 0 Å². The Bertz CT molecular complexity index is 1360. The van der Waals surface area contributed by atoms with Crippen LogP contribution in [0.3, 0.4) is 0 Å². The molecule has 0 atom stereocenters. The predicted molar refractivity (Wildman–Crippen MR) is 143 cm³/mol. The molecule has 0 radical (unpaired) electrons. The number of benzene rings is 2. The summed E-state index contributed by atoms with van der Waals surface area (Å²) in [7, 11) is 1.63. The molecule has 0 aliphatic carbocycles. The van der Waals surface area contributed by atoms with Crippen LogP contribution in [0.15, 0.2) is 66.2 Å². The Morgan fingerprint density at radius 1 is 1.08 bits per heavy atom. The van der Waals surface area contributed by atoms with Crippen molar-refractivity contribution in [2.75, 3.05) is 38.7 Å². The van der Waals surface area contributed by atoms with E-state index in [1.807, 2.05) is 36.4 Å². The lowest BCUT2D eigenvalue weighted by Crippen LogP contribution is -2.28. The maximum absolute atomic E-state index is 12.4. The van der Waals surface area contributed by atoms with Gasteiger partial charge in [-0.05, 0) is 80.9 Å². The van der Waals surface area contributed by atoms with Crippen LogP contribution in [-0.2, 0) is 0 Å². The van der Waals surface area contributed by atoms with Crippen molar-refractivity contribution in [1.82, 2.24) is 30.0 Å². The van der Waals surface area contributed by atoms with E-state index in [0.717, 1.165) is 35.4 Å². The number of amides is 1. The highest BCUT2D eigenvalue weighted by molar-refractivity contribution is 5.95. The average molecular weight is 499 g/mol. The monoisotopic (exact) mass is 498 g/mol. The highest BCUT2D eigenvalue weighted by Gasteiger charge is 2.12. The SMILES string of the molecule is COc1ccc(-n2ncc3c(N/N=C/c4ccc(C(=O)NCCCN5CCCC5)cc4)ncnc32)cc1. The second kappa shape index (κ2) is 11.6. The molecular formula is C27H30N8O2. The van der Waals surface area contributed by atoms with Crippen LogP contribution in [0.5, 0.6) is 5.75 Å². The minimum Gasteiger partial charge on any atom is -0.497 e. The van der Waals surface area contributed by atoms with Gasteiger partial charge in [-0.3, -0.25) is 10.2 Å². The van der Waals surface area contributed by atoms with Crippen molar-refractivity contribution in [3.8, 4) is 11.4 Å². The Morgan fingerprint density at radius 3 is 2.62 bits per heavy atom. The maximum atomic E-state index is 12.4. The molecule has 3 heterocycles. The number of nitrogens with zero attached hydrogens (tertiary/aromatic N) is 6. The number of fused-ring (bicyclic) bond motifs is 1. The van der Waals surface area contributed by atoms with Crippen molar-refractivity contribution in [2.45, 2.75) is 19.3 Å². The van der Waals surface area contributed by atoms with E-state index >= 15 is 0 Å². The molecule has 1 aliphatic heterocycles. The first kappa shape index (κ1) is 24.4. The van der Waals surface area contributed by atoms with Gasteiger partial charge in [0.25, 0.3) is 5.91 Å². The van der Waals surface area contributed by atoms with Gasteiger partial charge in [0.15, 0.2) is 11.5 Å². The molecule has 5 rings (SSSR count). The lowest BCUT2D eigenvalue weighted by Gasteiger charge is -2.14. The van der Waals surface area contributed by atoms with Gasteiger partial charge in [-0.25, -0.2) is 14.6 Å². The summed E-state index contributed by atoms with van der Waals surface area (Å²) in [4.78, 5) is 23.6. The fourth-order valence-electron chi connectivity index (χ4n) is 4.35. The molecule has 0 unspecified atom stereocenters. The van der Waals surface area contributed by atoms with Gasteiger partial charge in [0.05, 0.1) is 30.6 Å². The molecule has 1 saturated heterocycles. The van der Waals surface area contributed by atoms with Gasteiger partial charge < -0.3 is 15.0 Å². The highest BCUT2D eigenvalue weighted by Crippen LogP contribution is 2.23. The number of carbonyl (C=O) groups is 1. The molecule has 0 bridgehead atoms. The Hall–Kier alpha value is -4.31. The lowest BCUT2D eigenvalue weighted by atomic mass is 10.1. The van der Waals surface area contributed by atoms with E-state index in [1.165, 1.54) is 32.3 Å². The first-order valence-electron chi connectivity index (χ1n) is 12.4. The summed E-state index contributed by atoms with van der Waals surface area (Å²) in [5.41, 5.74) is 5.99. The quantitative estimate of drug-likeness (QED) is 0.196. The summed E-state index contributed by atoms with van der Waals surface area (Å²) < 4.78 is 6.96. The fourth-order valence-corrected chi connectivity index (χ4v) is 4.35. The molecule has 2 aromatic heterocycles. The average Bonchev–Trinajstić information content (AvgIpc) is 3.62. The minimum atomic E-state index is -0.0553. The number of nitrogens with one attached hydrogen (secondary N) is 2. The van der Waals surface area contributed by atoms with Crippen LogP contribution < -0.4 is 15.5 Å². The van der Waals surface area contributed by atoms with E-state index < -0.39 is 0 Å². The number of hydrogen-bond donors (Lipinski definition) is 2. The number of anilines is 1. The summed E-state index contributed by atoms with van der Waals surface area (Å²) in [6, 6.07) is 14.9. The van der Waals surface area contributed by atoms with Crippen LogP contribution in [0.25, 0.3) is 16.7 Å². The summed E-state index contributed by atoms with van der Waals surface area (Å²) in [6.07, 6.45) is 8.40. The third-order valence-corrected chi connectivity index (χ3v) is 6.38. The van der Waals surface area contributed by atoms with E-state index in [0.29, 0.717) is 23.6 Å². The van der Waals surface area contributed by atoms with E-state index in [9.17, 15) is 4.79 Å². The van der Waals surface area contributed by atoms with Crippen molar-refractivity contribution in [3.63, 3.8) is 0 Å². The van der Waals surface area contributed by atoms with Crippen molar-refractivity contribution < 1.29 is 9.53 Å². The van der Waals surface area contributed by atoms with Gasteiger partial charge in [0.2, 0.25) is 0 Å². The standard InChI is InChI=1S/C27H30N8O2/c1-37-23-11-9-22(10-12-23)35-26-24(18-32-35)25(29-19-30-26)33-31-17-20-5-7-21(8-6-20)27(36)28-13-4-16-34-14-2-3-15-34/h5-12,17-19H,2-4,13-16H2,1H3,(H,28,36)(H,29,30,33)/b31-17+. The molecule has 0 saturated carbocycles. The van der Waals surface area contributed by atoms with Crippen LogP contribution in [0, 0.1) is 0 Å². The maximum Gasteiger partial charge on any atom is 0.251 e. The summed E-state index contributed by atoms with van der Waals surface area (Å²) in [5.74, 6) is 1.26. The van der Waals surface area contributed by atoms with Gasteiger partial charge in [0, 0.05) is 12.1 Å². The first-order chi connectivity index (χ1) is 18.2. The molecule has 10 nitrogen and oxygen atoms in total. The van der Waals surface area contributed by atoms with Crippen LogP contribution in [0.1, 0.15) is 35.2 Å². The topological polar surface area (TPSA) is 110 Å². The highest BCUT2D eigenvalue weighted by atomic mass is 16.5. The van der Waals surface area contributed by atoms with Crippen LogP contribution in [0.4, 0.5) is 5.82 Å². The Kier molecular flexibility index (Phi) is 7.66. The number of likely N-dealkylation sites (tertiary alicyclic amines) is 1. The summed E-state index contributed by atoms with van der Waals surface area (Å²) in [6.45, 7) is 4.09. The molecule has 1 fully saturated rings. The molecule has 1 aliphatic rings. The van der Waals surface area contributed by atoms with Crippen LogP contribution in [0.2, 0.25) is 0 Å². The molecule has 4 aromatic rings. The molecule has 37 heavy (non-hydrogen) atoms. The number of aromatic nitrogens is 4. The fraction of sp³-hybridized carbons (Fsp3) is 0.296. The van der Waals surface area contributed by atoms with E-state index in [2.05, 4.69) is 35.8 Å². The smallest absolute Gasteiger partial charge is 0.251 e. The van der Waals surface area contributed by atoms with Gasteiger partial charge in [-0.15, -0.1) is 0 Å². The van der Waals surface area contributed by atoms with Crippen molar-refractivity contribution in [2.24, 2.45) is 5.10 Å². The number of hydrazone groups is 1. The van der Waals surface area contributed by atoms with E-state index in [-0.39, 0.29) is 5.91 Å². The summed E-state index contributed by atoms with van der Waals surface area (Å²) in [5, 5.41) is 12.5. The molecule has 1 amide bonds. The Labute approximate surface area is 215 Å². The van der Waals surface area contributed by atoms with Gasteiger partial charge in [0.1, 0.15) is 12.1 Å². The van der Waals surface area contributed by atoms with Gasteiger partial charge in [-0.1, -0.05) is 12.1 Å². The third-order valence-electron chi connectivity index (χ3n) is 6.38. The number of hydrogen-bond acceptors (Lipinski definition) is 8. The third kappa shape index (κ3) is 5.92. The summed E-state index contributed by atoms with van der Waals surface area (Å²) >= 11 is 0. The second-order valence-corrected chi connectivity index (χ2v) is 8.86. The molecule has 190 valence electrons. The number of carbonyl (C=O) groups excluding carboxylic acids is 1. The van der Waals surface area contributed by atoms with Gasteiger partial charge >= 0.3 is 0 Å². The van der Waals surface area contributed by atoms with Crippen molar-refractivity contribution in [1.29, 1.82) is 0 Å². The van der Waals surface area contributed by atoms with Crippen molar-refractivity contribution in [3.05, 3.63) is 72.2 Å². The van der Waals surface area contributed by atoms with Gasteiger partial charge in [-0.2, -0.15) is 10.2 Å². The largest absolute Gasteiger partial charge is 0.497 e. The molecule has 0 spiro atoms. The normalized spacial score (nSPS) is 13.9. The zero-order valence-corrected chi connectivity index (χ0v) is 20.8. The number of rotatable bonds is 10. The van der Waals surface area contributed by atoms with Crippen molar-refractivity contribution >= 4 is 29.0 Å². The second-order valence-electron chi connectivity index (χ2n) is 8.86. The number of ether oxygens (including phenoxy) is 1. The lowest BCUT2D eigenvalue weighted by molar-refractivity contribution is 0.0952. The molecule has 10 heteroatoms. The molecule has 2 N–H and O–H groups in total. The first-order valence-corrected chi connectivity index (χ1v) is 12.4. The minimum absolute atomic E-state index is 0.0553. The number of methoxy groups -OCH3 is 1. The molecule has 2 aromatic carbocycles. The Balaban J connectivity index is 1.17. The van der Waals surface area contributed by atoms with E-state index in [4.69, 9.17) is 4.74 Å². The van der Waals surface area contributed by atoms with E-state index in [1.54, 1.807) is 36.3 Å². The predicted octanol–water partition coefficient (Wildman–Crippen LogP) is 3.49. The van der Waals surface area contributed by atoms with Crippen LogP contribution in [-0.4, -0.2) is 70.1 Å². The Morgan fingerprint density at radius 2 is 1.86 bits per heavy atom. The molecular weight excluding hydrogens is 468 g/mol. The zero-order valence-electron chi connectivity index (χ0n) is 20.8. The zero-order chi connectivity index (χ0) is 25.5.